The molecule has 1 aliphatic carbocycles. The van der Waals surface area contributed by atoms with Crippen LogP contribution in [0.25, 0.3) is 0 Å². The molecule has 0 radical (unpaired) electrons. The molecule has 2 aliphatic rings. The molecule has 0 aromatic rings. The van der Waals surface area contributed by atoms with Crippen LogP contribution < -0.4 is 5.32 Å². The van der Waals surface area contributed by atoms with Crippen LogP contribution in [0.3, 0.4) is 0 Å². The molecule has 2 fully saturated rings. The second-order valence-corrected chi connectivity index (χ2v) is 7.24. The zero-order chi connectivity index (χ0) is 15.1. The van der Waals surface area contributed by atoms with Gasteiger partial charge in [-0.2, -0.15) is 0 Å². The van der Waals surface area contributed by atoms with Crippen molar-refractivity contribution in [2.45, 2.75) is 63.5 Å². The fraction of sp³-hybridized carbons (Fsp3) is 1.00. The highest BCUT2D eigenvalue weighted by atomic mass is 16.3. The first-order valence-electron chi connectivity index (χ1n) is 8.93. The van der Waals surface area contributed by atoms with E-state index in [4.69, 9.17) is 0 Å². The monoisotopic (exact) mass is 297 g/mol. The van der Waals surface area contributed by atoms with Gasteiger partial charge in [0.1, 0.15) is 0 Å². The van der Waals surface area contributed by atoms with Gasteiger partial charge < -0.3 is 15.3 Å². The Balaban J connectivity index is 1.56. The normalized spacial score (nSPS) is 25.3. The average molecular weight is 297 g/mol. The second kappa shape index (κ2) is 8.47. The van der Waals surface area contributed by atoms with Gasteiger partial charge in [0.15, 0.2) is 0 Å². The SMILES string of the molecule is CNC(C)(CO)CCCCN1CCN(C2CCCC2)CC1. The molecule has 4 heteroatoms. The van der Waals surface area contributed by atoms with E-state index in [0.29, 0.717) is 0 Å². The lowest BCUT2D eigenvalue weighted by atomic mass is 9.96. The number of piperazine rings is 1. The molecule has 2 N–H and O–H groups in total. The summed E-state index contributed by atoms with van der Waals surface area (Å²) in [6.07, 6.45) is 9.26. The van der Waals surface area contributed by atoms with E-state index in [1.807, 2.05) is 7.05 Å². The van der Waals surface area contributed by atoms with Gasteiger partial charge in [-0.05, 0) is 46.2 Å². The van der Waals surface area contributed by atoms with Crippen molar-refractivity contribution in [3.05, 3.63) is 0 Å². The van der Waals surface area contributed by atoms with E-state index in [9.17, 15) is 5.11 Å². The highest BCUT2D eigenvalue weighted by Gasteiger charge is 2.26. The van der Waals surface area contributed by atoms with Crippen molar-refractivity contribution in [2.75, 3.05) is 46.4 Å². The Morgan fingerprint density at radius 1 is 1.10 bits per heavy atom. The zero-order valence-electron chi connectivity index (χ0n) is 14.1. The highest BCUT2D eigenvalue weighted by molar-refractivity contribution is 4.83. The largest absolute Gasteiger partial charge is 0.394 e. The van der Waals surface area contributed by atoms with E-state index in [-0.39, 0.29) is 12.1 Å². The van der Waals surface area contributed by atoms with Gasteiger partial charge in [-0.25, -0.2) is 0 Å². The summed E-state index contributed by atoms with van der Waals surface area (Å²) in [7, 11) is 1.94. The van der Waals surface area contributed by atoms with Crippen LogP contribution in [-0.4, -0.2) is 72.9 Å². The van der Waals surface area contributed by atoms with E-state index < -0.39 is 0 Å². The maximum absolute atomic E-state index is 9.39. The fourth-order valence-electron chi connectivity index (χ4n) is 3.76. The van der Waals surface area contributed by atoms with Crippen LogP contribution in [0.2, 0.25) is 0 Å². The summed E-state index contributed by atoms with van der Waals surface area (Å²) in [5.41, 5.74) is -0.0961. The topological polar surface area (TPSA) is 38.7 Å². The van der Waals surface area contributed by atoms with Gasteiger partial charge in [0.2, 0.25) is 0 Å². The summed E-state index contributed by atoms with van der Waals surface area (Å²) in [6, 6.07) is 0.896. The Morgan fingerprint density at radius 2 is 1.76 bits per heavy atom. The van der Waals surface area contributed by atoms with E-state index >= 15 is 0 Å². The molecule has 21 heavy (non-hydrogen) atoms. The van der Waals surface area contributed by atoms with Crippen LogP contribution in [-0.2, 0) is 0 Å². The number of aliphatic hydroxyl groups is 1. The summed E-state index contributed by atoms with van der Waals surface area (Å²) in [5.74, 6) is 0. The van der Waals surface area contributed by atoms with E-state index in [1.165, 1.54) is 71.2 Å². The van der Waals surface area contributed by atoms with E-state index in [0.717, 1.165) is 12.5 Å². The molecule has 2 rings (SSSR count). The molecule has 4 nitrogen and oxygen atoms in total. The zero-order valence-corrected chi connectivity index (χ0v) is 14.1. The molecule has 0 aromatic carbocycles. The maximum Gasteiger partial charge on any atom is 0.0610 e. The van der Waals surface area contributed by atoms with E-state index in [1.54, 1.807) is 0 Å². The molecule has 1 unspecified atom stereocenters. The molecular weight excluding hydrogens is 262 g/mol. The predicted molar refractivity (Wildman–Crippen MR) is 88.7 cm³/mol. The number of hydrogen-bond donors (Lipinski definition) is 2. The van der Waals surface area contributed by atoms with Crippen LogP contribution in [0, 0.1) is 0 Å². The second-order valence-electron chi connectivity index (χ2n) is 7.24. The fourth-order valence-corrected chi connectivity index (χ4v) is 3.76. The molecule has 1 saturated heterocycles. The third-order valence-corrected chi connectivity index (χ3v) is 5.65. The highest BCUT2D eigenvalue weighted by Crippen LogP contribution is 2.24. The van der Waals surface area contributed by atoms with Gasteiger partial charge in [0, 0.05) is 37.8 Å². The van der Waals surface area contributed by atoms with Gasteiger partial charge in [-0.3, -0.25) is 4.90 Å². The number of nitrogens with one attached hydrogen (secondary N) is 1. The molecule has 0 bridgehead atoms. The number of likely N-dealkylation sites (N-methyl/N-ethyl adjacent to an activating group) is 1. The number of rotatable bonds is 8. The van der Waals surface area contributed by atoms with Crippen LogP contribution in [0.5, 0.6) is 0 Å². The molecule has 124 valence electrons. The van der Waals surface area contributed by atoms with Crippen molar-refractivity contribution in [1.82, 2.24) is 15.1 Å². The Bertz CT molecular complexity index is 280. The van der Waals surface area contributed by atoms with Crippen LogP contribution in [0.4, 0.5) is 0 Å². The first-order valence-corrected chi connectivity index (χ1v) is 8.93. The lowest BCUT2D eigenvalue weighted by Crippen LogP contribution is -2.49. The Morgan fingerprint density at radius 3 is 2.33 bits per heavy atom. The summed E-state index contributed by atoms with van der Waals surface area (Å²) >= 11 is 0. The van der Waals surface area contributed by atoms with Crippen molar-refractivity contribution in [3.63, 3.8) is 0 Å². The molecule has 1 saturated carbocycles. The smallest absolute Gasteiger partial charge is 0.0610 e. The van der Waals surface area contributed by atoms with Crippen molar-refractivity contribution in [1.29, 1.82) is 0 Å². The van der Waals surface area contributed by atoms with Crippen LogP contribution in [0.15, 0.2) is 0 Å². The lowest BCUT2D eigenvalue weighted by molar-refractivity contribution is 0.0956. The van der Waals surface area contributed by atoms with Crippen LogP contribution in [0.1, 0.15) is 51.9 Å². The summed E-state index contributed by atoms with van der Waals surface area (Å²) in [6.45, 7) is 8.60. The van der Waals surface area contributed by atoms with Gasteiger partial charge in [0.05, 0.1) is 6.61 Å². The van der Waals surface area contributed by atoms with Crippen molar-refractivity contribution in [3.8, 4) is 0 Å². The van der Waals surface area contributed by atoms with Gasteiger partial charge in [-0.1, -0.05) is 19.3 Å². The standard InChI is InChI=1S/C17H35N3O/c1-17(15-21,18-2)9-5-6-10-19-11-13-20(14-12-19)16-7-3-4-8-16/h16,18,21H,3-15H2,1-2H3. The minimum Gasteiger partial charge on any atom is -0.394 e. The van der Waals surface area contributed by atoms with E-state index in [2.05, 4.69) is 22.0 Å². The third kappa shape index (κ3) is 5.20. The molecule has 1 heterocycles. The first-order chi connectivity index (χ1) is 10.2. The minimum atomic E-state index is -0.0961. The lowest BCUT2D eigenvalue weighted by Gasteiger charge is -2.38. The molecular formula is C17H35N3O. The predicted octanol–water partition coefficient (Wildman–Crippen LogP) is 1.69. The van der Waals surface area contributed by atoms with Crippen molar-refractivity contribution < 1.29 is 5.11 Å². The number of hydrogen-bond acceptors (Lipinski definition) is 4. The quantitative estimate of drug-likeness (QED) is 0.669. The molecule has 1 atom stereocenters. The van der Waals surface area contributed by atoms with Crippen LogP contribution >= 0.6 is 0 Å². The maximum atomic E-state index is 9.39. The van der Waals surface area contributed by atoms with Gasteiger partial charge in [0.25, 0.3) is 0 Å². The number of unbranched alkanes of at least 4 members (excludes halogenated alkanes) is 1. The Labute approximate surface area is 130 Å². The Hall–Kier alpha value is -0.160. The molecule has 0 amide bonds. The van der Waals surface area contributed by atoms with Gasteiger partial charge in [-0.15, -0.1) is 0 Å². The summed E-state index contributed by atoms with van der Waals surface area (Å²) in [4.78, 5) is 5.36. The van der Waals surface area contributed by atoms with Gasteiger partial charge >= 0.3 is 0 Å². The molecule has 1 aliphatic heterocycles. The third-order valence-electron chi connectivity index (χ3n) is 5.65. The first kappa shape index (κ1) is 17.2. The minimum absolute atomic E-state index is 0.0961. The average Bonchev–Trinajstić information content (AvgIpc) is 3.06. The number of aliphatic hydroxyl groups excluding tert-OH is 1. The number of nitrogens with zero attached hydrogens (tertiary/aromatic N) is 2. The molecule has 0 aromatic heterocycles. The summed E-state index contributed by atoms with van der Waals surface area (Å²) in [5, 5.41) is 12.6. The summed E-state index contributed by atoms with van der Waals surface area (Å²) < 4.78 is 0. The van der Waals surface area contributed by atoms with Crippen molar-refractivity contribution >= 4 is 0 Å². The van der Waals surface area contributed by atoms with Crippen molar-refractivity contribution in [2.24, 2.45) is 0 Å². The molecule has 0 spiro atoms. The Kier molecular flexibility index (Phi) is 6.93.